The van der Waals surface area contributed by atoms with Crippen molar-refractivity contribution in [2.75, 3.05) is 47.6 Å². The van der Waals surface area contributed by atoms with E-state index in [0.29, 0.717) is 69.2 Å². The molecule has 67 heavy (non-hydrogen) atoms. The van der Waals surface area contributed by atoms with Gasteiger partial charge in [0.15, 0.2) is 5.78 Å². The number of carbonyl (C=O) groups excluding carboxylic acids is 5. The smallest absolute Gasteiger partial charge is 0.407 e. The summed E-state index contributed by atoms with van der Waals surface area (Å²) in [5, 5.41) is 37.3. The number of aliphatic hydroxyl groups excluding tert-OH is 2. The number of hydrogen-bond donors (Lipinski definition) is 5. The van der Waals surface area contributed by atoms with E-state index in [1.165, 1.54) is 14.2 Å². The monoisotopic (exact) mass is 950 g/mol. The molecule has 4 rings (SSSR count). The van der Waals surface area contributed by atoms with Gasteiger partial charge in [-0.2, -0.15) is 0 Å². The molecule has 4 aliphatic rings. The maximum absolute atomic E-state index is 14.5. The number of hydrogen-bond acceptors (Lipinski definition) is 15. The van der Waals surface area contributed by atoms with Crippen LogP contribution in [0.1, 0.15) is 131 Å². The summed E-state index contributed by atoms with van der Waals surface area (Å²) in [5.41, 5.74) is 6.57. The van der Waals surface area contributed by atoms with Crippen molar-refractivity contribution in [2.45, 2.75) is 185 Å². The zero-order chi connectivity index (χ0) is 49.4. The quantitative estimate of drug-likeness (QED) is 0.0686. The van der Waals surface area contributed by atoms with E-state index in [0.717, 1.165) is 30.6 Å². The van der Waals surface area contributed by atoms with Crippen LogP contribution < -0.4 is 11.1 Å². The van der Waals surface area contributed by atoms with Crippen LogP contribution in [0.25, 0.3) is 0 Å². The van der Waals surface area contributed by atoms with Crippen LogP contribution in [-0.2, 0) is 47.6 Å². The molecule has 0 spiro atoms. The van der Waals surface area contributed by atoms with E-state index >= 15 is 0 Å². The molecule has 382 valence electrons. The van der Waals surface area contributed by atoms with Gasteiger partial charge >= 0.3 is 12.1 Å². The predicted molar refractivity (Wildman–Crippen MR) is 249 cm³/mol. The van der Waals surface area contributed by atoms with Gasteiger partial charge < -0.3 is 59.7 Å². The number of piperidine rings is 1. The van der Waals surface area contributed by atoms with Gasteiger partial charge in [-0.25, -0.2) is 9.59 Å². The summed E-state index contributed by atoms with van der Waals surface area (Å²) < 4.78 is 35.5. The lowest BCUT2D eigenvalue weighted by Crippen LogP contribution is -2.64. The van der Waals surface area contributed by atoms with Gasteiger partial charge in [-0.05, 0) is 113 Å². The van der Waals surface area contributed by atoms with Crippen LogP contribution in [-0.4, -0.2) is 152 Å². The molecule has 1 saturated carbocycles. The number of allylic oxidation sites excluding steroid dienone is 2. The van der Waals surface area contributed by atoms with Gasteiger partial charge in [0.1, 0.15) is 18.2 Å². The molecule has 2 saturated heterocycles. The first-order valence-corrected chi connectivity index (χ1v) is 24.8. The van der Waals surface area contributed by atoms with Crippen LogP contribution >= 0.6 is 0 Å². The fourth-order valence-electron chi connectivity index (χ4n) is 10.4. The van der Waals surface area contributed by atoms with Crippen molar-refractivity contribution in [1.29, 1.82) is 0 Å². The Hall–Kier alpha value is -3.29. The van der Waals surface area contributed by atoms with Gasteiger partial charge in [-0.15, -0.1) is 0 Å². The molecular weight excluding hydrogens is 867 g/mol. The number of nitrogens with zero attached hydrogens (tertiary/aromatic N) is 1. The summed E-state index contributed by atoms with van der Waals surface area (Å²) in [6.07, 6.45) is 5.04. The zero-order valence-corrected chi connectivity index (χ0v) is 41.5. The Balaban J connectivity index is 1.72. The predicted octanol–water partition coefficient (Wildman–Crippen LogP) is 4.70. The molecular formula is C50H83N3O14. The molecule has 0 aromatic heterocycles. The summed E-state index contributed by atoms with van der Waals surface area (Å²) in [7, 11) is 4.57. The van der Waals surface area contributed by atoms with Crippen molar-refractivity contribution >= 4 is 29.5 Å². The molecule has 2 bridgehead atoms. The molecule has 0 aromatic carbocycles. The summed E-state index contributed by atoms with van der Waals surface area (Å²) in [6, 6.07) is -1.19. The third-order valence-corrected chi connectivity index (χ3v) is 14.5. The van der Waals surface area contributed by atoms with E-state index in [9.17, 15) is 39.3 Å². The average Bonchev–Trinajstić information content (AvgIpc) is 3.30. The van der Waals surface area contributed by atoms with E-state index in [2.05, 4.69) is 5.32 Å². The number of nitrogens with one attached hydrogen (secondary N) is 1. The van der Waals surface area contributed by atoms with Gasteiger partial charge in [0.05, 0.1) is 37.1 Å². The van der Waals surface area contributed by atoms with Gasteiger partial charge in [-0.1, -0.05) is 52.7 Å². The minimum absolute atomic E-state index is 0.0515. The van der Waals surface area contributed by atoms with E-state index in [4.69, 9.17) is 34.2 Å². The maximum Gasteiger partial charge on any atom is 0.407 e. The Bertz CT molecular complexity index is 1690. The Morgan fingerprint density at radius 2 is 1.58 bits per heavy atom. The van der Waals surface area contributed by atoms with Gasteiger partial charge in [0.25, 0.3) is 11.7 Å². The molecule has 3 fully saturated rings. The number of methoxy groups -OCH3 is 3. The van der Waals surface area contributed by atoms with Crippen molar-refractivity contribution in [3.05, 3.63) is 23.3 Å². The number of cyclic esters (lactones) is 1. The normalized spacial score (nSPS) is 35.8. The highest BCUT2D eigenvalue weighted by Gasteiger charge is 2.56. The first-order valence-electron chi connectivity index (χ1n) is 24.8. The summed E-state index contributed by atoms with van der Waals surface area (Å²) in [6.45, 7) is 10.1. The summed E-state index contributed by atoms with van der Waals surface area (Å²) in [4.78, 5) is 71.3. The second-order valence-corrected chi connectivity index (χ2v) is 19.8. The lowest BCUT2D eigenvalue weighted by Gasteiger charge is -2.47. The van der Waals surface area contributed by atoms with Crippen LogP contribution in [0.4, 0.5) is 4.79 Å². The van der Waals surface area contributed by atoms with Crippen LogP contribution in [0.15, 0.2) is 23.3 Å². The highest BCUT2D eigenvalue weighted by atomic mass is 16.7. The Labute approximate surface area is 398 Å². The molecule has 0 radical (unpaired) electrons. The number of Topliss-reactive ketones (excluding diaryl/α,β-unsaturated/α-hetero) is 2. The first kappa shape index (κ1) is 56.3. The minimum Gasteiger partial charge on any atom is -0.456 e. The molecule has 1 aliphatic carbocycles. The van der Waals surface area contributed by atoms with Crippen molar-refractivity contribution in [2.24, 2.45) is 35.3 Å². The third-order valence-electron chi connectivity index (χ3n) is 14.5. The molecule has 0 aromatic rings. The van der Waals surface area contributed by atoms with Crippen LogP contribution in [0, 0.1) is 29.6 Å². The van der Waals surface area contributed by atoms with Crippen LogP contribution in [0.2, 0.25) is 0 Å². The fraction of sp³-hybridized carbons (Fsp3) is 0.820. The number of aliphatic hydroxyl groups is 3. The molecule has 17 nitrogen and oxygen atoms in total. The molecule has 14 atom stereocenters. The number of ketones is 2. The van der Waals surface area contributed by atoms with Gasteiger partial charge in [0.2, 0.25) is 5.79 Å². The average molecular weight is 950 g/mol. The highest BCUT2D eigenvalue weighted by Crippen LogP contribution is 2.39. The number of unbranched alkanes of at least 4 members (excludes halogenated alkanes) is 3. The minimum atomic E-state index is -2.55. The van der Waals surface area contributed by atoms with E-state index in [-0.39, 0.29) is 62.4 Å². The number of amides is 2. The maximum atomic E-state index is 14.5. The molecule has 2 amide bonds. The Morgan fingerprint density at radius 1 is 0.896 bits per heavy atom. The number of fused-ring (bicyclic) bond motifs is 3. The summed E-state index contributed by atoms with van der Waals surface area (Å²) in [5.74, 6) is -7.95. The topological polar surface area (TPSA) is 243 Å². The standard InChI is InChI=1S/C50H83N3O14/c1-30-23-31(2)25-42(63-7)45-43(64-8)27-33(4)50(61,67-45)46(57)47(58)53-21-14-11-15-37(53)48(59)66-44(32(3)26-35-16-17-38(54)41(28-35)62-6)34(5)39(55)29-40(56)36(24-30)18-22-65-49(60)52-20-13-10-9-12-19-51/h24,26,30-31,33-35,37-39,41-45,54-55,61H,9-23,25,27-29,51H2,1-8H3,(H,52,60)/t30?,31-,33+,34+,35-,37-,38+,39-,41+,42-,43-,44+,45+,50+/m0/s1. The number of nitrogens with two attached hydrogens (primary N) is 1. The van der Waals surface area contributed by atoms with Crippen molar-refractivity contribution in [3.63, 3.8) is 0 Å². The summed E-state index contributed by atoms with van der Waals surface area (Å²) >= 11 is 0. The van der Waals surface area contributed by atoms with Crippen molar-refractivity contribution < 1.29 is 67.7 Å². The lowest BCUT2D eigenvalue weighted by atomic mass is 9.81. The second-order valence-electron chi connectivity index (χ2n) is 19.8. The van der Waals surface area contributed by atoms with E-state index in [1.807, 2.05) is 26.0 Å². The number of carbonyl (C=O) groups is 5. The second kappa shape index (κ2) is 27.2. The SMILES string of the molecule is CO[C@H]1C[C@@H](C)CC(C)C=C(CCOC(=O)NCCCCCCN)C(=O)C[C@H](O)[C@@H](C)[C@@H](C(C)=C[C@@H]2CC[C@@H](O)[C@H](OC)C2)OC(=O)[C@@H]2CCCCN2C(=O)C(=O)[C@]2(O)O[C@H]1[C@@H](OC)C[C@H]2C. The molecule has 17 heteroatoms. The Kier molecular flexibility index (Phi) is 22.9. The number of ether oxygens (including phenoxy) is 6. The van der Waals surface area contributed by atoms with Crippen molar-refractivity contribution in [1.82, 2.24) is 10.2 Å². The third kappa shape index (κ3) is 15.6. The molecule has 3 heterocycles. The van der Waals surface area contributed by atoms with Crippen LogP contribution in [0.5, 0.6) is 0 Å². The van der Waals surface area contributed by atoms with E-state index in [1.54, 1.807) is 27.9 Å². The Morgan fingerprint density at radius 3 is 2.27 bits per heavy atom. The van der Waals surface area contributed by atoms with Crippen LogP contribution in [0.3, 0.4) is 0 Å². The number of alkyl carbamates (subject to hydrolysis) is 1. The lowest BCUT2D eigenvalue weighted by molar-refractivity contribution is -0.302. The molecule has 1 unspecified atom stereocenters. The molecule has 3 aliphatic heterocycles. The zero-order valence-electron chi connectivity index (χ0n) is 41.5. The van der Waals surface area contributed by atoms with Gasteiger partial charge in [0, 0.05) is 59.1 Å². The number of esters is 1. The highest BCUT2D eigenvalue weighted by molar-refractivity contribution is 6.39. The van der Waals surface area contributed by atoms with E-state index < -0.39 is 90.1 Å². The first-order chi connectivity index (χ1) is 31.9. The largest absolute Gasteiger partial charge is 0.456 e. The fourth-order valence-corrected chi connectivity index (χ4v) is 10.4. The number of rotatable bonds is 14. The van der Waals surface area contributed by atoms with Crippen molar-refractivity contribution in [3.8, 4) is 0 Å². The molecule has 6 N–H and O–H groups in total. The van der Waals surface area contributed by atoms with Gasteiger partial charge in [-0.3, -0.25) is 14.4 Å².